The van der Waals surface area contributed by atoms with Crippen LogP contribution >= 0.6 is 23.2 Å². The van der Waals surface area contributed by atoms with Crippen LogP contribution in [0.2, 0.25) is 10.0 Å². The Labute approximate surface area is 179 Å². The Kier molecular flexibility index (Phi) is 5.75. The number of benzene rings is 2. The Morgan fingerprint density at radius 1 is 1.17 bits per heavy atom. The Bertz CT molecular complexity index is 1050. The van der Waals surface area contributed by atoms with E-state index in [1.54, 1.807) is 18.2 Å². The van der Waals surface area contributed by atoms with E-state index in [0.29, 0.717) is 42.6 Å². The van der Waals surface area contributed by atoms with Gasteiger partial charge in [0.15, 0.2) is 0 Å². The van der Waals surface area contributed by atoms with E-state index in [2.05, 4.69) is 5.32 Å². The molecule has 2 aliphatic heterocycles. The van der Waals surface area contributed by atoms with Crippen molar-refractivity contribution in [2.75, 3.05) is 35.1 Å². The van der Waals surface area contributed by atoms with Gasteiger partial charge in [0.25, 0.3) is 5.91 Å². The third-order valence-electron chi connectivity index (χ3n) is 5.16. The highest BCUT2D eigenvalue weighted by Gasteiger charge is 2.29. The molecule has 1 N–H and O–H groups in total. The van der Waals surface area contributed by atoms with Gasteiger partial charge in [0.2, 0.25) is 10.0 Å². The van der Waals surface area contributed by atoms with Crippen LogP contribution in [0.3, 0.4) is 0 Å². The van der Waals surface area contributed by atoms with E-state index in [0.717, 1.165) is 12.0 Å². The van der Waals surface area contributed by atoms with Crippen molar-refractivity contribution >= 4 is 50.5 Å². The topological polar surface area (TPSA) is 75.7 Å². The second-order valence-corrected chi connectivity index (χ2v) is 10.1. The molecule has 2 aromatic carbocycles. The molecule has 0 spiro atoms. The second kappa shape index (κ2) is 8.14. The number of rotatable bonds is 4. The average Bonchev–Trinajstić information content (AvgIpc) is 3.31. The Hall–Kier alpha value is -1.80. The summed E-state index contributed by atoms with van der Waals surface area (Å²) in [6.07, 6.45) is 1.47. The van der Waals surface area contributed by atoms with Crippen molar-refractivity contribution in [3.8, 4) is 0 Å². The molecule has 9 heteroatoms. The number of hydrogen-bond donors (Lipinski definition) is 1. The normalized spacial score (nSPS) is 20.8. The van der Waals surface area contributed by atoms with Crippen LogP contribution < -0.4 is 9.62 Å². The summed E-state index contributed by atoms with van der Waals surface area (Å²) in [6.45, 7) is 1.73. The maximum absolute atomic E-state index is 12.9. The first-order valence-electron chi connectivity index (χ1n) is 9.33. The standard InChI is InChI=1S/C20H20Cl2N2O4S/c21-15-8-14(13-4-6-28-12-13)9-16(10-15)23-20(25)18-11-17(2-3-19(18)22)24-5-1-7-29(24,26)27/h2-3,8-11,13H,1,4-7,12H2,(H,23,25)/t13-/m0/s1. The van der Waals surface area contributed by atoms with Gasteiger partial charge in [-0.2, -0.15) is 0 Å². The van der Waals surface area contributed by atoms with E-state index in [4.69, 9.17) is 27.9 Å². The molecule has 2 fully saturated rings. The second-order valence-electron chi connectivity index (χ2n) is 7.19. The molecule has 0 aliphatic carbocycles. The number of carbonyl (C=O) groups excluding carboxylic acids is 1. The van der Waals surface area contributed by atoms with Gasteiger partial charge in [-0.25, -0.2) is 8.42 Å². The lowest BCUT2D eigenvalue weighted by molar-refractivity contribution is 0.102. The van der Waals surface area contributed by atoms with Crippen LogP contribution in [0.5, 0.6) is 0 Å². The maximum Gasteiger partial charge on any atom is 0.257 e. The quantitative estimate of drug-likeness (QED) is 0.747. The fraction of sp³-hybridized carbons (Fsp3) is 0.350. The van der Waals surface area contributed by atoms with Gasteiger partial charge in [-0.1, -0.05) is 23.2 Å². The van der Waals surface area contributed by atoms with E-state index < -0.39 is 15.9 Å². The maximum atomic E-state index is 12.9. The number of ether oxygens (including phenoxy) is 1. The van der Waals surface area contributed by atoms with Crippen molar-refractivity contribution in [2.45, 2.75) is 18.8 Å². The minimum atomic E-state index is -3.35. The molecule has 29 heavy (non-hydrogen) atoms. The number of hydrogen-bond acceptors (Lipinski definition) is 4. The summed E-state index contributed by atoms with van der Waals surface area (Å²) in [5.41, 5.74) is 2.21. The number of nitrogens with zero attached hydrogens (tertiary/aromatic N) is 1. The molecule has 6 nitrogen and oxygen atoms in total. The zero-order valence-corrected chi connectivity index (χ0v) is 17.9. The molecule has 0 saturated carbocycles. The van der Waals surface area contributed by atoms with E-state index >= 15 is 0 Å². The number of amides is 1. The van der Waals surface area contributed by atoms with Crippen LogP contribution in [0.15, 0.2) is 36.4 Å². The molecule has 2 heterocycles. The largest absolute Gasteiger partial charge is 0.381 e. The van der Waals surface area contributed by atoms with Crippen LogP contribution in [-0.4, -0.2) is 39.8 Å². The summed E-state index contributed by atoms with van der Waals surface area (Å²) in [5.74, 6) is -0.0752. The SMILES string of the molecule is O=C(Nc1cc(Cl)cc([C@H]2CCOC2)c1)c1cc(N2CCCS2(=O)=O)ccc1Cl. The molecule has 1 amide bonds. The highest BCUT2D eigenvalue weighted by Crippen LogP contribution is 2.32. The molecule has 0 aromatic heterocycles. The zero-order chi connectivity index (χ0) is 20.6. The first kappa shape index (κ1) is 20.5. The number of halogens is 2. The fourth-order valence-corrected chi connectivity index (χ4v) is 5.69. The number of sulfonamides is 1. The molecular weight excluding hydrogens is 435 g/mol. The molecule has 4 rings (SSSR count). The lowest BCUT2D eigenvalue weighted by Gasteiger charge is -2.18. The minimum Gasteiger partial charge on any atom is -0.381 e. The van der Waals surface area contributed by atoms with Crippen LogP contribution in [0.1, 0.15) is 34.7 Å². The smallest absolute Gasteiger partial charge is 0.257 e. The average molecular weight is 455 g/mol. The van der Waals surface area contributed by atoms with Gasteiger partial charge in [-0.15, -0.1) is 0 Å². The van der Waals surface area contributed by atoms with Crippen molar-refractivity contribution < 1.29 is 17.9 Å². The van der Waals surface area contributed by atoms with Crippen LogP contribution in [0.25, 0.3) is 0 Å². The van der Waals surface area contributed by atoms with Crippen molar-refractivity contribution in [1.29, 1.82) is 0 Å². The van der Waals surface area contributed by atoms with Gasteiger partial charge in [-0.3, -0.25) is 9.10 Å². The number of nitrogens with one attached hydrogen (secondary N) is 1. The molecule has 2 saturated heterocycles. The predicted molar refractivity (Wildman–Crippen MR) is 115 cm³/mol. The molecule has 0 unspecified atom stereocenters. The summed E-state index contributed by atoms with van der Waals surface area (Å²) >= 11 is 12.5. The Morgan fingerprint density at radius 2 is 2.00 bits per heavy atom. The van der Waals surface area contributed by atoms with E-state index in [1.807, 2.05) is 12.1 Å². The molecule has 2 aliphatic rings. The van der Waals surface area contributed by atoms with Gasteiger partial charge >= 0.3 is 0 Å². The van der Waals surface area contributed by atoms with Gasteiger partial charge in [0.1, 0.15) is 0 Å². The fourth-order valence-electron chi connectivity index (χ4n) is 3.69. The number of carbonyl (C=O) groups is 1. The van der Waals surface area contributed by atoms with Crippen molar-refractivity contribution in [3.05, 3.63) is 57.6 Å². The van der Waals surface area contributed by atoms with Crippen LogP contribution in [-0.2, 0) is 14.8 Å². The number of anilines is 2. The zero-order valence-electron chi connectivity index (χ0n) is 15.5. The summed E-state index contributed by atoms with van der Waals surface area (Å²) in [7, 11) is -3.35. The lowest BCUT2D eigenvalue weighted by Crippen LogP contribution is -2.25. The van der Waals surface area contributed by atoms with Gasteiger partial charge in [0, 0.05) is 29.8 Å². The third kappa shape index (κ3) is 4.38. The highest BCUT2D eigenvalue weighted by atomic mass is 35.5. The van der Waals surface area contributed by atoms with Crippen molar-refractivity contribution in [2.24, 2.45) is 0 Å². The van der Waals surface area contributed by atoms with Crippen molar-refractivity contribution in [1.82, 2.24) is 0 Å². The lowest BCUT2D eigenvalue weighted by atomic mass is 9.98. The van der Waals surface area contributed by atoms with Crippen LogP contribution in [0, 0.1) is 0 Å². The van der Waals surface area contributed by atoms with Gasteiger partial charge in [-0.05, 0) is 54.8 Å². The highest BCUT2D eigenvalue weighted by molar-refractivity contribution is 7.93. The van der Waals surface area contributed by atoms with Gasteiger partial charge in [0.05, 0.1) is 28.6 Å². The van der Waals surface area contributed by atoms with Crippen LogP contribution in [0.4, 0.5) is 11.4 Å². The molecule has 0 radical (unpaired) electrons. The van der Waals surface area contributed by atoms with E-state index in [9.17, 15) is 13.2 Å². The van der Waals surface area contributed by atoms with E-state index in [1.165, 1.54) is 10.4 Å². The Balaban J connectivity index is 1.59. The minimum absolute atomic E-state index is 0.104. The third-order valence-corrected chi connectivity index (χ3v) is 7.58. The van der Waals surface area contributed by atoms with Crippen molar-refractivity contribution in [3.63, 3.8) is 0 Å². The molecule has 2 aromatic rings. The molecule has 154 valence electrons. The summed E-state index contributed by atoms with van der Waals surface area (Å²) in [4.78, 5) is 12.9. The van der Waals surface area contributed by atoms with E-state index in [-0.39, 0.29) is 22.3 Å². The molecule has 1 atom stereocenters. The molecule has 0 bridgehead atoms. The first-order valence-corrected chi connectivity index (χ1v) is 11.7. The predicted octanol–water partition coefficient (Wildman–Crippen LogP) is 4.29. The first-order chi connectivity index (χ1) is 13.8. The molecular formula is C20H20Cl2N2O4S. The Morgan fingerprint density at radius 3 is 2.69 bits per heavy atom. The monoisotopic (exact) mass is 454 g/mol. The summed E-state index contributed by atoms with van der Waals surface area (Å²) < 4.78 is 31.1. The summed E-state index contributed by atoms with van der Waals surface area (Å²) in [5, 5.41) is 3.59. The van der Waals surface area contributed by atoms with Gasteiger partial charge < -0.3 is 10.1 Å². The summed E-state index contributed by atoms with van der Waals surface area (Å²) in [6, 6.07) is 10.1.